The number of halogens is 1. The highest BCUT2D eigenvalue weighted by Crippen LogP contribution is 2.18. The number of amides is 1. The van der Waals surface area contributed by atoms with Crippen molar-refractivity contribution >= 4 is 39.2 Å². The maximum absolute atomic E-state index is 12.5. The zero-order chi connectivity index (χ0) is 20.6. The summed E-state index contributed by atoms with van der Waals surface area (Å²) in [6, 6.07) is 12.5. The molecule has 0 spiro atoms. The third kappa shape index (κ3) is 6.24. The predicted octanol–water partition coefficient (Wildman–Crippen LogP) is 2.56. The molecule has 0 aromatic heterocycles. The van der Waals surface area contributed by atoms with E-state index in [9.17, 15) is 18.0 Å². The second-order valence-electron chi connectivity index (χ2n) is 5.88. The second kappa shape index (κ2) is 10.1. The lowest BCUT2D eigenvalue weighted by atomic mass is 10.1. The van der Waals surface area contributed by atoms with Gasteiger partial charge in [0, 0.05) is 17.1 Å². The van der Waals surface area contributed by atoms with Gasteiger partial charge in [-0.2, -0.15) is 0 Å². The van der Waals surface area contributed by atoms with Gasteiger partial charge in [0.05, 0.1) is 12.0 Å². The number of carbonyl (C=O) groups is 2. The van der Waals surface area contributed by atoms with Gasteiger partial charge in [-0.05, 0) is 54.8 Å². The summed E-state index contributed by atoms with van der Waals surface area (Å²) in [6.45, 7) is -0.245. The minimum Gasteiger partial charge on any atom is -0.468 e. The molecule has 2 rings (SSSR count). The summed E-state index contributed by atoms with van der Waals surface area (Å²) >= 11 is 5.66. The molecule has 2 aromatic rings. The first-order valence-corrected chi connectivity index (χ1v) is 10.5. The molecule has 2 N–H and O–H groups in total. The first kappa shape index (κ1) is 21.7. The van der Waals surface area contributed by atoms with Gasteiger partial charge in [-0.3, -0.25) is 14.3 Å². The van der Waals surface area contributed by atoms with Crippen molar-refractivity contribution in [1.82, 2.24) is 5.32 Å². The Morgan fingerprint density at radius 3 is 2.25 bits per heavy atom. The monoisotopic (exact) mass is 424 g/mol. The van der Waals surface area contributed by atoms with Crippen molar-refractivity contribution in [3.63, 3.8) is 0 Å². The fourth-order valence-electron chi connectivity index (χ4n) is 2.34. The number of hydrogen-bond donors (Lipinski definition) is 2. The van der Waals surface area contributed by atoms with E-state index in [0.717, 1.165) is 18.4 Å². The Balaban J connectivity index is 2.02. The second-order valence-corrected chi connectivity index (χ2v) is 7.94. The number of ether oxygens (including phenoxy) is 1. The number of methoxy groups -OCH3 is 1. The van der Waals surface area contributed by atoms with Crippen LogP contribution in [-0.4, -0.2) is 39.8 Å². The van der Waals surface area contributed by atoms with Crippen molar-refractivity contribution in [2.24, 2.45) is 0 Å². The zero-order valence-electron chi connectivity index (χ0n) is 15.3. The van der Waals surface area contributed by atoms with Crippen LogP contribution in [0.25, 0.3) is 0 Å². The van der Waals surface area contributed by atoms with Crippen LogP contribution < -0.4 is 10.0 Å². The first-order chi connectivity index (χ1) is 13.4. The number of alkyl halides is 1. The Kier molecular flexibility index (Phi) is 7.83. The molecule has 2 aromatic carbocycles. The number of carbonyl (C=O) groups excluding carboxylic acids is 2. The minimum absolute atomic E-state index is 0.141. The Morgan fingerprint density at radius 1 is 1.04 bits per heavy atom. The molecule has 0 radical (unpaired) electrons. The van der Waals surface area contributed by atoms with E-state index in [1.54, 1.807) is 24.3 Å². The zero-order valence-corrected chi connectivity index (χ0v) is 16.8. The van der Waals surface area contributed by atoms with Crippen molar-refractivity contribution in [3.05, 3.63) is 59.7 Å². The van der Waals surface area contributed by atoms with Crippen LogP contribution in [0, 0.1) is 0 Å². The molecule has 0 aliphatic heterocycles. The predicted molar refractivity (Wildman–Crippen MR) is 107 cm³/mol. The number of esters is 1. The van der Waals surface area contributed by atoms with Crippen molar-refractivity contribution in [3.8, 4) is 0 Å². The van der Waals surface area contributed by atoms with Crippen LogP contribution in [0.15, 0.2) is 53.4 Å². The molecule has 9 heteroatoms. The highest BCUT2D eigenvalue weighted by Gasteiger charge is 2.15. The van der Waals surface area contributed by atoms with Gasteiger partial charge in [-0.15, -0.1) is 11.6 Å². The molecule has 150 valence electrons. The smallest absolute Gasteiger partial charge is 0.325 e. The van der Waals surface area contributed by atoms with Crippen molar-refractivity contribution in [2.75, 3.05) is 24.3 Å². The van der Waals surface area contributed by atoms with Gasteiger partial charge in [0.15, 0.2) is 0 Å². The lowest BCUT2D eigenvalue weighted by Gasteiger charge is -2.10. The molecule has 7 nitrogen and oxygen atoms in total. The van der Waals surface area contributed by atoms with Gasteiger partial charge in [0.25, 0.3) is 15.9 Å². The number of nitrogens with one attached hydrogen (secondary N) is 2. The van der Waals surface area contributed by atoms with Crippen LogP contribution >= 0.6 is 11.6 Å². The fraction of sp³-hybridized carbons (Fsp3) is 0.263. The molecule has 1 amide bonds. The van der Waals surface area contributed by atoms with E-state index < -0.39 is 21.9 Å². The van der Waals surface area contributed by atoms with Crippen LogP contribution in [0.4, 0.5) is 5.69 Å². The molecule has 0 heterocycles. The summed E-state index contributed by atoms with van der Waals surface area (Å²) in [5.74, 6) is -0.475. The molecule has 0 saturated heterocycles. The number of sulfonamides is 1. The average Bonchev–Trinajstić information content (AvgIpc) is 2.70. The highest BCUT2D eigenvalue weighted by molar-refractivity contribution is 7.92. The molecule has 0 aliphatic carbocycles. The highest BCUT2D eigenvalue weighted by atomic mass is 35.5. The molecule has 0 saturated carbocycles. The van der Waals surface area contributed by atoms with E-state index in [1.165, 1.54) is 31.4 Å². The molecule has 0 atom stereocenters. The molecule has 0 unspecified atom stereocenters. The van der Waals surface area contributed by atoms with Gasteiger partial charge < -0.3 is 10.1 Å². The summed E-state index contributed by atoms with van der Waals surface area (Å²) in [5, 5.41) is 2.40. The van der Waals surface area contributed by atoms with E-state index >= 15 is 0 Å². The average molecular weight is 425 g/mol. The van der Waals surface area contributed by atoms with Gasteiger partial charge in [-0.25, -0.2) is 8.42 Å². The van der Waals surface area contributed by atoms with E-state index in [-0.39, 0.29) is 17.0 Å². The molecule has 0 fully saturated rings. The molecular formula is C19H21ClN2O5S. The van der Waals surface area contributed by atoms with Gasteiger partial charge >= 0.3 is 5.97 Å². The van der Waals surface area contributed by atoms with Crippen molar-refractivity contribution in [1.29, 1.82) is 0 Å². The third-order valence-electron chi connectivity index (χ3n) is 3.85. The normalized spacial score (nSPS) is 10.9. The van der Waals surface area contributed by atoms with Crippen molar-refractivity contribution < 1.29 is 22.7 Å². The van der Waals surface area contributed by atoms with Crippen LogP contribution in [0.2, 0.25) is 0 Å². The Bertz CT molecular complexity index is 912. The number of benzene rings is 2. The summed E-state index contributed by atoms with van der Waals surface area (Å²) in [4.78, 5) is 23.1. The first-order valence-electron chi connectivity index (χ1n) is 8.48. The molecule has 0 aliphatic rings. The molecular weight excluding hydrogens is 404 g/mol. The number of aryl methyl sites for hydroxylation is 1. The quantitative estimate of drug-likeness (QED) is 0.476. The van der Waals surface area contributed by atoms with Gasteiger partial charge in [0.1, 0.15) is 6.54 Å². The lowest BCUT2D eigenvalue weighted by molar-refractivity contribution is -0.139. The van der Waals surface area contributed by atoms with Gasteiger partial charge in [-0.1, -0.05) is 12.1 Å². The van der Waals surface area contributed by atoms with Crippen LogP contribution in [-0.2, 0) is 26.0 Å². The molecule has 28 heavy (non-hydrogen) atoms. The van der Waals surface area contributed by atoms with Gasteiger partial charge in [0.2, 0.25) is 0 Å². The Labute approximate surface area is 169 Å². The maximum atomic E-state index is 12.5. The summed E-state index contributed by atoms with van der Waals surface area (Å²) in [6.07, 6.45) is 1.61. The van der Waals surface area contributed by atoms with Crippen molar-refractivity contribution in [2.45, 2.75) is 17.7 Å². The largest absolute Gasteiger partial charge is 0.468 e. The van der Waals surface area contributed by atoms with Crippen LogP contribution in [0.1, 0.15) is 22.3 Å². The summed E-state index contributed by atoms with van der Waals surface area (Å²) in [7, 11) is -2.52. The van der Waals surface area contributed by atoms with Crippen LogP contribution in [0.3, 0.4) is 0 Å². The van der Waals surface area contributed by atoms with E-state index in [1.807, 2.05) is 0 Å². The fourth-order valence-corrected chi connectivity index (χ4v) is 3.53. The topological polar surface area (TPSA) is 102 Å². The summed E-state index contributed by atoms with van der Waals surface area (Å²) in [5.41, 5.74) is 1.62. The number of rotatable bonds is 9. The number of hydrogen-bond acceptors (Lipinski definition) is 5. The van der Waals surface area contributed by atoms with E-state index in [4.69, 9.17) is 11.6 Å². The third-order valence-corrected chi connectivity index (χ3v) is 5.52. The standard InChI is InChI=1S/C19H21ClN2O5S/c1-27-18(23)13-21-19(24)15-6-8-16(9-7-15)22-28(25,26)17-10-4-14(5-11-17)3-2-12-20/h4-11,22H,2-3,12-13H2,1H3,(H,21,24). The van der Waals surface area contributed by atoms with E-state index in [2.05, 4.69) is 14.8 Å². The Hall–Kier alpha value is -2.58. The maximum Gasteiger partial charge on any atom is 0.325 e. The van der Waals surface area contributed by atoms with Crippen LogP contribution in [0.5, 0.6) is 0 Å². The number of anilines is 1. The summed E-state index contributed by atoms with van der Waals surface area (Å²) < 4.78 is 31.9. The minimum atomic E-state index is -3.75. The lowest BCUT2D eigenvalue weighted by Crippen LogP contribution is -2.30. The Morgan fingerprint density at radius 2 is 1.68 bits per heavy atom. The molecule has 0 bridgehead atoms. The SMILES string of the molecule is COC(=O)CNC(=O)c1ccc(NS(=O)(=O)c2ccc(CCCCl)cc2)cc1. The van der Waals surface area contributed by atoms with E-state index in [0.29, 0.717) is 11.6 Å².